The van der Waals surface area contributed by atoms with E-state index in [0.29, 0.717) is 18.7 Å². The van der Waals surface area contributed by atoms with Crippen LogP contribution in [0, 0.1) is 5.82 Å². The molecule has 0 bridgehead atoms. The largest absolute Gasteiger partial charge is 0.467 e. The predicted molar refractivity (Wildman–Crippen MR) is 141 cm³/mol. The molecule has 3 aromatic carbocycles. The first-order valence-electron chi connectivity index (χ1n) is 12.5. The summed E-state index contributed by atoms with van der Waals surface area (Å²) in [6.45, 7) is 2.25. The van der Waals surface area contributed by atoms with Crippen LogP contribution in [0.4, 0.5) is 4.39 Å². The van der Waals surface area contributed by atoms with E-state index in [0.717, 1.165) is 34.2 Å². The number of halogens is 1. The summed E-state index contributed by atoms with van der Waals surface area (Å²) in [5.41, 5.74) is 4.34. The summed E-state index contributed by atoms with van der Waals surface area (Å²) >= 11 is 0. The number of amides is 1. The van der Waals surface area contributed by atoms with Gasteiger partial charge in [0.1, 0.15) is 11.9 Å². The number of carbonyl (C=O) groups excluding carboxylic acids is 2. The molecule has 1 N–H and O–H groups in total. The van der Waals surface area contributed by atoms with Crippen LogP contribution in [0.15, 0.2) is 72.8 Å². The third-order valence-electron chi connectivity index (χ3n) is 6.39. The van der Waals surface area contributed by atoms with Crippen LogP contribution in [0.5, 0.6) is 0 Å². The van der Waals surface area contributed by atoms with Crippen molar-refractivity contribution in [3.63, 3.8) is 0 Å². The summed E-state index contributed by atoms with van der Waals surface area (Å²) in [5.74, 6) is -0.500. The van der Waals surface area contributed by atoms with Crippen LogP contribution in [-0.2, 0) is 27.3 Å². The number of esters is 1. The van der Waals surface area contributed by atoms with E-state index in [1.165, 1.54) is 19.2 Å². The van der Waals surface area contributed by atoms with Crippen molar-refractivity contribution in [2.75, 3.05) is 7.11 Å². The zero-order valence-electron chi connectivity index (χ0n) is 21.4. The molecule has 196 valence electrons. The predicted octanol–water partition coefficient (Wildman–Crippen LogP) is 4.98. The second-order valence-corrected chi connectivity index (χ2v) is 8.97. The maximum Gasteiger partial charge on any atom is 0.328 e. The Labute approximate surface area is 220 Å². The molecule has 38 heavy (non-hydrogen) atoms. The van der Waals surface area contributed by atoms with E-state index in [1.54, 1.807) is 17.0 Å². The van der Waals surface area contributed by atoms with Gasteiger partial charge in [0.2, 0.25) is 11.7 Å². The molecule has 1 aromatic heterocycles. The minimum atomic E-state index is -0.839. The van der Waals surface area contributed by atoms with Crippen molar-refractivity contribution < 1.29 is 18.7 Å². The molecule has 0 aliphatic rings. The fourth-order valence-corrected chi connectivity index (χ4v) is 4.34. The number of nitrogens with zero attached hydrogens (tertiary/aromatic N) is 4. The number of tetrazole rings is 1. The molecule has 0 aliphatic heterocycles. The van der Waals surface area contributed by atoms with E-state index in [9.17, 15) is 14.0 Å². The van der Waals surface area contributed by atoms with Crippen molar-refractivity contribution in [3.05, 3.63) is 89.7 Å². The lowest BCUT2D eigenvalue weighted by Gasteiger charge is -2.30. The van der Waals surface area contributed by atoms with E-state index >= 15 is 0 Å². The second-order valence-electron chi connectivity index (χ2n) is 8.97. The van der Waals surface area contributed by atoms with Gasteiger partial charge in [-0.15, -0.1) is 10.2 Å². The van der Waals surface area contributed by atoms with E-state index in [4.69, 9.17) is 4.74 Å². The average molecular weight is 516 g/mol. The Kier molecular flexibility index (Phi) is 8.92. The molecule has 0 saturated heterocycles. The van der Waals surface area contributed by atoms with Crippen LogP contribution in [0.3, 0.4) is 0 Å². The van der Waals surface area contributed by atoms with E-state index in [2.05, 4.69) is 20.6 Å². The van der Waals surface area contributed by atoms with Gasteiger partial charge in [0.15, 0.2) is 0 Å². The smallest absolute Gasteiger partial charge is 0.328 e. The summed E-state index contributed by atoms with van der Waals surface area (Å²) in [4.78, 5) is 27.8. The molecule has 1 atom stereocenters. The summed E-state index contributed by atoms with van der Waals surface area (Å²) in [6, 6.07) is 20.7. The van der Waals surface area contributed by atoms with E-state index in [1.807, 2.05) is 55.5 Å². The van der Waals surface area contributed by atoms with Crippen LogP contribution < -0.4 is 0 Å². The first-order valence-corrected chi connectivity index (χ1v) is 12.5. The number of carbonyl (C=O) groups is 2. The van der Waals surface area contributed by atoms with Crippen molar-refractivity contribution in [1.82, 2.24) is 25.5 Å². The summed E-state index contributed by atoms with van der Waals surface area (Å²) in [7, 11) is 1.31. The molecule has 1 amide bonds. The van der Waals surface area contributed by atoms with Crippen LogP contribution >= 0.6 is 0 Å². The SMILES string of the molecule is CCCCC(=O)N(Cc1ccc(-c2ccccc2-c2nn[nH]n2)cc1)C(Cc1ccc(F)cc1)C(=O)OC. The Morgan fingerprint density at radius 3 is 2.29 bits per heavy atom. The Balaban J connectivity index is 1.62. The van der Waals surface area contributed by atoms with Gasteiger partial charge >= 0.3 is 5.97 Å². The highest BCUT2D eigenvalue weighted by Gasteiger charge is 2.31. The van der Waals surface area contributed by atoms with Crippen molar-refractivity contribution in [3.8, 4) is 22.5 Å². The molecule has 0 saturated carbocycles. The van der Waals surface area contributed by atoms with Gasteiger partial charge in [-0.2, -0.15) is 5.21 Å². The minimum Gasteiger partial charge on any atom is -0.467 e. The Hall–Kier alpha value is -4.40. The number of aromatic nitrogens is 4. The number of rotatable bonds is 11. The number of nitrogens with one attached hydrogen (secondary N) is 1. The standard InChI is InChI=1S/C29H30FN5O3/c1-3-4-9-27(36)35(26(29(37)38-2)18-20-12-16-23(30)17-13-20)19-21-10-14-22(15-11-21)24-7-5-6-8-25(24)28-31-33-34-32-28/h5-8,10-17,26H,3-4,9,18-19H2,1-2H3,(H,31,32,33,34). The number of ether oxygens (including phenoxy) is 1. The number of methoxy groups -OCH3 is 1. The zero-order valence-corrected chi connectivity index (χ0v) is 21.4. The fraction of sp³-hybridized carbons (Fsp3) is 0.276. The summed E-state index contributed by atoms with van der Waals surface area (Å²) < 4.78 is 18.5. The Morgan fingerprint density at radius 1 is 0.974 bits per heavy atom. The Morgan fingerprint density at radius 2 is 1.66 bits per heavy atom. The monoisotopic (exact) mass is 515 g/mol. The van der Waals surface area contributed by atoms with Gasteiger partial charge in [-0.3, -0.25) is 4.79 Å². The maximum atomic E-state index is 13.5. The van der Waals surface area contributed by atoms with Gasteiger partial charge in [-0.05, 0) is 46.0 Å². The first kappa shape index (κ1) is 26.7. The maximum absolute atomic E-state index is 13.5. The fourth-order valence-electron chi connectivity index (χ4n) is 4.34. The number of benzene rings is 3. The lowest BCUT2D eigenvalue weighted by molar-refractivity contribution is -0.153. The molecule has 0 aliphatic carbocycles. The van der Waals surface area contributed by atoms with Crippen LogP contribution in [0.1, 0.15) is 37.3 Å². The van der Waals surface area contributed by atoms with Gasteiger partial charge in [0.05, 0.1) is 7.11 Å². The van der Waals surface area contributed by atoms with E-state index in [-0.39, 0.29) is 24.7 Å². The van der Waals surface area contributed by atoms with Gasteiger partial charge in [0.25, 0.3) is 0 Å². The molecule has 4 aromatic rings. The summed E-state index contributed by atoms with van der Waals surface area (Å²) in [6.07, 6.45) is 2.12. The number of H-pyrrole nitrogens is 1. The van der Waals surface area contributed by atoms with Crippen LogP contribution in [-0.4, -0.2) is 50.6 Å². The molecule has 4 rings (SSSR count). The van der Waals surface area contributed by atoms with Crippen LogP contribution in [0.25, 0.3) is 22.5 Å². The number of unbranched alkanes of at least 4 members (excludes halogenated alkanes) is 1. The average Bonchev–Trinajstić information content (AvgIpc) is 3.49. The molecular formula is C29H30FN5O3. The molecule has 0 spiro atoms. The molecular weight excluding hydrogens is 485 g/mol. The highest BCUT2D eigenvalue weighted by atomic mass is 19.1. The molecule has 9 heteroatoms. The van der Waals surface area contributed by atoms with Gasteiger partial charge in [0, 0.05) is 24.9 Å². The highest BCUT2D eigenvalue weighted by Crippen LogP contribution is 2.30. The second kappa shape index (κ2) is 12.7. The third kappa shape index (κ3) is 6.47. The van der Waals surface area contributed by atoms with Gasteiger partial charge in [-0.25, -0.2) is 9.18 Å². The molecule has 0 fully saturated rings. The van der Waals surface area contributed by atoms with Crippen molar-refractivity contribution >= 4 is 11.9 Å². The molecule has 1 heterocycles. The van der Waals surface area contributed by atoms with E-state index < -0.39 is 12.0 Å². The number of aromatic amines is 1. The quantitative estimate of drug-likeness (QED) is 0.283. The molecule has 0 radical (unpaired) electrons. The van der Waals surface area contributed by atoms with Crippen molar-refractivity contribution in [2.24, 2.45) is 0 Å². The lowest BCUT2D eigenvalue weighted by Crippen LogP contribution is -2.46. The van der Waals surface area contributed by atoms with Crippen molar-refractivity contribution in [2.45, 2.75) is 45.2 Å². The number of hydrogen-bond acceptors (Lipinski definition) is 6. The molecule has 1 unspecified atom stereocenters. The Bertz CT molecular complexity index is 1340. The summed E-state index contributed by atoms with van der Waals surface area (Å²) in [5, 5.41) is 14.3. The lowest BCUT2D eigenvalue weighted by atomic mass is 9.97. The van der Waals surface area contributed by atoms with Gasteiger partial charge in [-0.1, -0.05) is 74.0 Å². The van der Waals surface area contributed by atoms with Gasteiger partial charge < -0.3 is 9.64 Å². The van der Waals surface area contributed by atoms with Crippen LogP contribution in [0.2, 0.25) is 0 Å². The minimum absolute atomic E-state index is 0.129. The first-order chi connectivity index (χ1) is 18.5. The van der Waals surface area contributed by atoms with Crippen molar-refractivity contribution in [1.29, 1.82) is 0 Å². The normalized spacial score (nSPS) is 11.7. The zero-order chi connectivity index (χ0) is 26.9. The topological polar surface area (TPSA) is 101 Å². The third-order valence-corrected chi connectivity index (χ3v) is 6.39. The number of hydrogen-bond donors (Lipinski definition) is 1. The molecule has 8 nitrogen and oxygen atoms in total. The highest BCUT2D eigenvalue weighted by molar-refractivity contribution is 5.85.